The molecule has 0 aliphatic heterocycles. The van der Waals surface area contributed by atoms with E-state index >= 15 is 0 Å². The first-order valence-corrected chi connectivity index (χ1v) is 9.98. The van der Waals surface area contributed by atoms with Crippen molar-refractivity contribution in [1.29, 1.82) is 0 Å². The molecule has 0 amide bonds. The quantitative estimate of drug-likeness (QED) is 0.193. The predicted molar refractivity (Wildman–Crippen MR) is 127 cm³/mol. The molecule has 0 bridgehead atoms. The highest BCUT2D eigenvalue weighted by atomic mass is 16.1. The molecule has 1 heteroatoms. The fourth-order valence-electron chi connectivity index (χ4n) is 3.42. The molecule has 0 saturated heterocycles. The van der Waals surface area contributed by atoms with E-state index in [-0.39, 0.29) is 0 Å². The maximum atomic E-state index is 11.0. The summed E-state index contributed by atoms with van der Waals surface area (Å²) in [5.74, 6) is 0. The van der Waals surface area contributed by atoms with Crippen LogP contribution in [0.5, 0.6) is 0 Å². The Labute approximate surface area is 177 Å². The number of carbonyl (C=O) groups is 1. The van der Waals surface area contributed by atoms with Gasteiger partial charge in [-0.25, -0.2) is 0 Å². The molecule has 0 radical (unpaired) electrons. The fraction of sp³-hybridized carbons (Fsp3) is 0. The molecule has 0 N–H and O–H groups in total. The molecule has 0 fully saturated rings. The van der Waals surface area contributed by atoms with Gasteiger partial charge in [0.25, 0.3) is 0 Å². The Morgan fingerprint density at radius 3 is 1.23 bits per heavy atom. The van der Waals surface area contributed by atoms with Gasteiger partial charge in [-0.2, -0.15) is 0 Å². The average molecular weight is 386 g/mol. The summed E-state index contributed by atoms with van der Waals surface area (Å²) < 4.78 is 0. The zero-order valence-corrected chi connectivity index (χ0v) is 16.6. The molecule has 0 saturated carbocycles. The average Bonchev–Trinajstić information content (AvgIpc) is 2.83. The SMILES string of the molecule is O=Cc1ccc(/C=C(/C(=C/c2ccccc2)c2ccccc2)c2ccccc2)cc1. The third-order valence-corrected chi connectivity index (χ3v) is 4.95. The summed E-state index contributed by atoms with van der Waals surface area (Å²) in [6.07, 6.45) is 5.29. The van der Waals surface area contributed by atoms with Crippen LogP contribution in [0.15, 0.2) is 115 Å². The lowest BCUT2D eigenvalue weighted by Crippen LogP contribution is -1.92. The number of rotatable bonds is 6. The Morgan fingerprint density at radius 1 is 0.433 bits per heavy atom. The monoisotopic (exact) mass is 386 g/mol. The van der Waals surface area contributed by atoms with Gasteiger partial charge in [-0.15, -0.1) is 0 Å². The molecule has 0 spiro atoms. The van der Waals surface area contributed by atoms with Crippen molar-refractivity contribution in [2.75, 3.05) is 0 Å². The Kier molecular flexibility index (Phi) is 6.12. The molecule has 4 rings (SSSR count). The first-order chi connectivity index (χ1) is 14.8. The van der Waals surface area contributed by atoms with Gasteiger partial charge in [-0.05, 0) is 45.6 Å². The summed E-state index contributed by atoms with van der Waals surface area (Å²) >= 11 is 0. The first kappa shape index (κ1) is 19.4. The Morgan fingerprint density at radius 2 is 0.800 bits per heavy atom. The molecule has 4 aromatic rings. The molecular weight excluding hydrogens is 364 g/mol. The summed E-state index contributed by atoms with van der Waals surface area (Å²) in [5, 5.41) is 0. The number of hydrogen-bond donors (Lipinski definition) is 0. The van der Waals surface area contributed by atoms with Crippen LogP contribution in [0.3, 0.4) is 0 Å². The largest absolute Gasteiger partial charge is 0.298 e. The van der Waals surface area contributed by atoms with Crippen LogP contribution in [-0.2, 0) is 0 Å². The predicted octanol–water partition coefficient (Wildman–Crippen LogP) is 7.28. The van der Waals surface area contributed by atoms with Gasteiger partial charge >= 0.3 is 0 Å². The number of benzene rings is 4. The minimum Gasteiger partial charge on any atom is -0.298 e. The number of aldehydes is 1. The van der Waals surface area contributed by atoms with Crippen LogP contribution in [0.2, 0.25) is 0 Å². The Hall–Kier alpha value is -3.97. The van der Waals surface area contributed by atoms with Crippen LogP contribution in [0.4, 0.5) is 0 Å². The van der Waals surface area contributed by atoms with Gasteiger partial charge in [0.2, 0.25) is 0 Å². The van der Waals surface area contributed by atoms with Crippen molar-refractivity contribution in [2.45, 2.75) is 0 Å². The van der Waals surface area contributed by atoms with Gasteiger partial charge in [0.05, 0.1) is 0 Å². The van der Waals surface area contributed by atoms with Crippen LogP contribution in [0.25, 0.3) is 23.3 Å². The normalized spacial score (nSPS) is 11.9. The lowest BCUT2D eigenvalue weighted by molar-refractivity contribution is 0.112. The summed E-state index contributed by atoms with van der Waals surface area (Å²) in [5.41, 5.74) is 7.45. The van der Waals surface area contributed by atoms with Gasteiger partial charge in [-0.3, -0.25) is 4.79 Å². The van der Waals surface area contributed by atoms with Crippen LogP contribution in [0.1, 0.15) is 32.6 Å². The van der Waals surface area contributed by atoms with Gasteiger partial charge in [0.1, 0.15) is 6.29 Å². The lowest BCUT2D eigenvalue weighted by atomic mass is 9.89. The molecule has 0 aromatic heterocycles. The van der Waals surface area contributed by atoms with Crippen molar-refractivity contribution >= 4 is 29.6 Å². The van der Waals surface area contributed by atoms with Gasteiger partial charge in [0.15, 0.2) is 0 Å². The van der Waals surface area contributed by atoms with E-state index in [9.17, 15) is 4.79 Å². The maximum absolute atomic E-state index is 11.0. The van der Waals surface area contributed by atoms with Crippen molar-refractivity contribution in [1.82, 2.24) is 0 Å². The molecular formula is C29H22O. The first-order valence-electron chi connectivity index (χ1n) is 9.98. The lowest BCUT2D eigenvalue weighted by Gasteiger charge is -2.15. The van der Waals surface area contributed by atoms with Gasteiger partial charge < -0.3 is 0 Å². The molecule has 0 unspecified atom stereocenters. The van der Waals surface area contributed by atoms with Crippen molar-refractivity contribution in [3.05, 3.63) is 143 Å². The van der Waals surface area contributed by atoms with Crippen molar-refractivity contribution in [2.24, 2.45) is 0 Å². The van der Waals surface area contributed by atoms with E-state index in [4.69, 9.17) is 0 Å². The minimum atomic E-state index is 0.677. The molecule has 1 nitrogen and oxygen atoms in total. The summed E-state index contributed by atoms with van der Waals surface area (Å²) in [4.78, 5) is 11.0. The van der Waals surface area contributed by atoms with Crippen LogP contribution in [-0.4, -0.2) is 6.29 Å². The zero-order chi connectivity index (χ0) is 20.6. The van der Waals surface area contributed by atoms with Crippen molar-refractivity contribution in [3.63, 3.8) is 0 Å². The second kappa shape index (κ2) is 9.49. The second-order valence-corrected chi connectivity index (χ2v) is 7.04. The van der Waals surface area contributed by atoms with E-state index in [1.165, 1.54) is 0 Å². The van der Waals surface area contributed by atoms with E-state index < -0.39 is 0 Å². The highest BCUT2D eigenvalue weighted by molar-refractivity contribution is 6.15. The highest BCUT2D eigenvalue weighted by Gasteiger charge is 2.11. The molecule has 0 heterocycles. The Bertz CT molecular complexity index is 1150. The minimum absolute atomic E-state index is 0.677. The van der Waals surface area contributed by atoms with Gasteiger partial charge in [0, 0.05) is 5.56 Å². The number of hydrogen-bond acceptors (Lipinski definition) is 1. The van der Waals surface area contributed by atoms with Crippen molar-refractivity contribution < 1.29 is 4.79 Å². The smallest absolute Gasteiger partial charge is 0.150 e. The van der Waals surface area contributed by atoms with E-state index in [0.717, 1.165) is 39.7 Å². The number of carbonyl (C=O) groups excluding carboxylic acids is 1. The van der Waals surface area contributed by atoms with Crippen LogP contribution >= 0.6 is 0 Å². The zero-order valence-electron chi connectivity index (χ0n) is 16.6. The highest BCUT2D eigenvalue weighted by Crippen LogP contribution is 2.34. The maximum Gasteiger partial charge on any atom is 0.150 e. The fourth-order valence-corrected chi connectivity index (χ4v) is 3.42. The van der Waals surface area contributed by atoms with E-state index in [1.54, 1.807) is 0 Å². The van der Waals surface area contributed by atoms with Crippen molar-refractivity contribution in [3.8, 4) is 0 Å². The molecule has 4 aromatic carbocycles. The third kappa shape index (κ3) is 4.71. The summed E-state index contributed by atoms with van der Waals surface area (Å²) in [7, 11) is 0. The Balaban J connectivity index is 1.92. The van der Waals surface area contributed by atoms with Crippen LogP contribution < -0.4 is 0 Å². The van der Waals surface area contributed by atoms with E-state index in [0.29, 0.717) is 5.56 Å². The third-order valence-electron chi connectivity index (χ3n) is 4.95. The standard InChI is InChI=1S/C29H22O/c30-22-25-18-16-24(17-19-25)21-29(27-14-8-3-9-15-27)28(26-12-6-2-7-13-26)20-23-10-4-1-5-11-23/h1-22H/b28-20+,29-21+. The molecule has 144 valence electrons. The van der Waals surface area contributed by atoms with E-state index in [1.807, 2.05) is 42.5 Å². The topological polar surface area (TPSA) is 17.1 Å². The second-order valence-electron chi connectivity index (χ2n) is 7.04. The molecule has 0 aliphatic carbocycles. The number of allylic oxidation sites excluding steroid dienone is 2. The van der Waals surface area contributed by atoms with Crippen LogP contribution in [0, 0.1) is 0 Å². The molecule has 0 aliphatic rings. The summed E-state index contributed by atoms with van der Waals surface area (Å²) in [6.45, 7) is 0. The summed E-state index contributed by atoms with van der Waals surface area (Å²) in [6, 6.07) is 38.9. The molecule has 0 atom stereocenters. The van der Waals surface area contributed by atoms with E-state index in [2.05, 4.69) is 84.9 Å². The van der Waals surface area contributed by atoms with Gasteiger partial charge in [-0.1, -0.05) is 115 Å². The molecule has 30 heavy (non-hydrogen) atoms.